The first-order valence-corrected chi connectivity index (χ1v) is 12.4. The number of fused-ring (bicyclic) bond motifs is 1. The van der Waals surface area contributed by atoms with Crippen molar-refractivity contribution in [1.29, 1.82) is 0 Å². The Morgan fingerprint density at radius 2 is 1.62 bits per heavy atom. The number of nitrogens with zero attached hydrogens (tertiary/aromatic N) is 3. The van der Waals surface area contributed by atoms with Crippen LogP contribution in [0.1, 0.15) is 32.7 Å². The third-order valence-electron chi connectivity index (χ3n) is 6.15. The van der Waals surface area contributed by atoms with Crippen LogP contribution >= 0.6 is 0 Å². The molecule has 0 amide bonds. The molecular formula is C29H29N5O5. The Balaban J connectivity index is 1.15. The highest BCUT2D eigenvalue weighted by molar-refractivity contribution is 5.90. The van der Waals surface area contributed by atoms with E-state index in [4.69, 9.17) is 14.2 Å². The van der Waals surface area contributed by atoms with E-state index in [1.807, 2.05) is 62.4 Å². The number of nitrogens with one attached hydrogen (secondary N) is 2. The first-order chi connectivity index (χ1) is 18.8. The van der Waals surface area contributed by atoms with Gasteiger partial charge < -0.3 is 19.3 Å². The van der Waals surface area contributed by atoms with Gasteiger partial charge in [-0.25, -0.2) is 9.78 Å². The van der Waals surface area contributed by atoms with Gasteiger partial charge in [-0.05, 0) is 87.4 Å². The number of hydrogen-bond acceptors (Lipinski definition) is 8. The van der Waals surface area contributed by atoms with Crippen LogP contribution < -0.4 is 14.8 Å². The second-order valence-corrected chi connectivity index (χ2v) is 9.25. The van der Waals surface area contributed by atoms with Crippen LogP contribution in [0, 0.1) is 27.7 Å². The SMILES string of the molecule is Cc1ccc(Oc2c(C)[nH]n3nc(-c4ccc(OCNCOC(=O)c5cc(C)c(O)c(C)c5)cc4)nc23)cc1. The zero-order valence-corrected chi connectivity index (χ0v) is 22.1. The molecule has 0 spiro atoms. The highest BCUT2D eigenvalue weighted by Gasteiger charge is 2.17. The second-order valence-electron chi connectivity index (χ2n) is 9.25. The maximum atomic E-state index is 12.2. The van der Waals surface area contributed by atoms with Gasteiger partial charge >= 0.3 is 5.97 Å². The molecule has 0 bridgehead atoms. The molecule has 0 saturated carbocycles. The maximum Gasteiger partial charge on any atom is 0.339 e. The number of aryl methyl sites for hydroxylation is 4. The highest BCUT2D eigenvalue weighted by Crippen LogP contribution is 2.30. The molecule has 39 heavy (non-hydrogen) atoms. The number of phenolic OH excluding ortho intramolecular Hbond substituents is 1. The zero-order valence-electron chi connectivity index (χ0n) is 22.1. The minimum atomic E-state index is -0.482. The Kier molecular flexibility index (Phi) is 7.20. The fourth-order valence-corrected chi connectivity index (χ4v) is 4.03. The van der Waals surface area contributed by atoms with E-state index in [0.29, 0.717) is 39.7 Å². The molecule has 3 N–H and O–H groups in total. The smallest absolute Gasteiger partial charge is 0.339 e. The number of phenols is 1. The Bertz CT molecular complexity index is 1600. The number of benzene rings is 3. The van der Waals surface area contributed by atoms with Crippen molar-refractivity contribution in [2.75, 3.05) is 13.5 Å². The summed E-state index contributed by atoms with van der Waals surface area (Å²) in [7, 11) is 0. The molecule has 10 nitrogen and oxygen atoms in total. The molecule has 0 saturated heterocycles. The van der Waals surface area contributed by atoms with Crippen molar-refractivity contribution in [2.24, 2.45) is 0 Å². The molecule has 2 aromatic heterocycles. The molecule has 0 radical (unpaired) electrons. The average Bonchev–Trinajstić information content (AvgIpc) is 3.46. The summed E-state index contributed by atoms with van der Waals surface area (Å²) >= 11 is 0. The third-order valence-corrected chi connectivity index (χ3v) is 6.15. The van der Waals surface area contributed by atoms with E-state index in [2.05, 4.69) is 20.5 Å². The Morgan fingerprint density at radius 3 is 2.31 bits per heavy atom. The maximum absolute atomic E-state index is 12.2. The van der Waals surface area contributed by atoms with Gasteiger partial charge in [-0.2, -0.15) is 0 Å². The number of hydrogen-bond donors (Lipinski definition) is 3. The standard InChI is InChI=1S/C29H29N5O5/c1-17-5-9-24(10-6-17)39-26-20(4)32-34-28(26)31-27(33-34)21-7-11-23(12-8-21)37-15-30-16-38-29(36)22-13-18(2)25(35)19(3)14-22/h5-14,30,32,35H,15-16H2,1-4H3. The van der Waals surface area contributed by atoms with E-state index in [0.717, 1.165) is 22.6 Å². The van der Waals surface area contributed by atoms with Gasteiger partial charge in [0.2, 0.25) is 5.65 Å². The average molecular weight is 528 g/mol. The number of carbonyl (C=O) groups excluding carboxylic acids is 1. The van der Waals surface area contributed by atoms with Gasteiger partial charge in [-0.15, -0.1) is 9.73 Å². The molecule has 3 aromatic carbocycles. The van der Waals surface area contributed by atoms with Crippen molar-refractivity contribution in [2.45, 2.75) is 27.7 Å². The van der Waals surface area contributed by atoms with Crippen molar-refractivity contribution < 1.29 is 24.1 Å². The largest absolute Gasteiger partial charge is 0.507 e. The third kappa shape index (κ3) is 5.70. The van der Waals surface area contributed by atoms with Gasteiger partial charge in [-0.1, -0.05) is 17.7 Å². The van der Waals surface area contributed by atoms with Gasteiger partial charge in [0.15, 0.2) is 11.6 Å². The van der Waals surface area contributed by atoms with E-state index < -0.39 is 5.97 Å². The normalized spacial score (nSPS) is 11.1. The van der Waals surface area contributed by atoms with E-state index in [-0.39, 0.29) is 19.2 Å². The van der Waals surface area contributed by atoms with Crippen LogP contribution in [0.3, 0.4) is 0 Å². The zero-order chi connectivity index (χ0) is 27.5. The van der Waals surface area contributed by atoms with E-state index >= 15 is 0 Å². The number of rotatable bonds is 9. The minimum absolute atomic E-state index is 0.0209. The molecule has 10 heteroatoms. The van der Waals surface area contributed by atoms with E-state index in [1.54, 1.807) is 30.6 Å². The first-order valence-electron chi connectivity index (χ1n) is 12.4. The number of aromatic amines is 1. The summed E-state index contributed by atoms with van der Waals surface area (Å²) in [6.07, 6.45) is 0. The molecule has 0 unspecified atom stereocenters. The van der Waals surface area contributed by atoms with E-state index in [1.165, 1.54) is 0 Å². The Labute approximate surface area is 225 Å². The Hall–Kier alpha value is -4.83. The quantitative estimate of drug-likeness (QED) is 0.136. The topological polar surface area (TPSA) is 123 Å². The summed E-state index contributed by atoms with van der Waals surface area (Å²) in [6.45, 7) is 7.53. The van der Waals surface area contributed by atoms with Crippen molar-refractivity contribution in [3.8, 4) is 34.4 Å². The van der Waals surface area contributed by atoms with Crippen LogP contribution in [-0.4, -0.2) is 44.3 Å². The summed E-state index contributed by atoms with van der Waals surface area (Å²) < 4.78 is 18.6. The molecule has 5 rings (SSSR count). The summed E-state index contributed by atoms with van der Waals surface area (Å²) in [6, 6.07) is 18.4. The first kappa shape index (κ1) is 25.8. The van der Waals surface area contributed by atoms with Crippen LogP contribution in [0.5, 0.6) is 23.0 Å². The van der Waals surface area contributed by atoms with Crippen LogP contribution in [0.15, 0.2) is 60.7 Å². The fourth-order valence-electron chi connectivity index (χ4n) is 4.03. The number of ether oxygens (including phenoxy) is 3. The number of carbonyl (C=O) groups is 1. The predicted octanol–water partition coefficient (Wildman–Crippen LogP) is 5.20. The Morgan fingerprint density at radius 1 is 0.949 bits per heavy atom. The summed E-state index contributed by atoms with van der Waals surface area (Å²) in [5.41, 5.74) is 5.03. The van der Waals surface area contributed by atoms with Crippen molar-refractivity contribution in [3.63, 3.8) is 0 Å². The molecule has 200 valence electrons. The molecule has 2 heterocycles. The lowest BCUT2D eigenvalue weighted by Gasteiger charge is -2.10. The lowest BCUT2D eigenvalue weighted by molar-refractivity contribution is 0.0444. The van der Waals surface area contributed by atoms with Crippen LogP contribution in [0.4, 0.5) is 0 Å². The summed E-state index contributed by atoms with van der Waals surface area (Å²) in [5.74, 6) is 2.23. The van der Waals surface area contributed by atoms with Crippen LogP contribution in [0.2, 0.25) is 0 Å². The molecule has 5 aromatic rings. The molecule has 0 aliphatic heterocycles. The van der Waals surface area contributed by atoms with Gasteiger partial charge in [0.25, 0.3) is 0 Å². The predicted molar refractivity (Wildman–Crippen MR) is 145 cm³/mol. The fraction of sp³-hybridized carbons (Fsp3) is 0.207. The lowest BCUT2D eigenvalue weighted by Crippen LogP contribution is -2.25. The number of aromatic nitrogens is 4. The van der Waals surface area contributed by atoms with Gasteiger partial charge in [0, 0.05) is 5.56 Å². The molecule has 0 atom stereocenters. The van der Waals surface area contributed by atoms with Crippen molar-refractivity contribution in [3.05, 3.63) is 88.6 Å². The molecule has 0 aliphatic carbocycles. The summed E-state index contributed by atoms with van der Waals surface area (Å²) in [4.78, 5) is 16.9. The highest BCUT2D eigenvalue weighted by atomic mass is 16.5. The van der Waals surface area contributed by atoms with Crippen LogP contribution in [0.25, 0.3) is 17.0 Å². The monoisotopic (exact) mass is 527 g/mol. The van der Waals surface area contributed by atoms with E-state index in [9.17, 15) is 9.90 Å². The second kappa shape index (κ2) is 10.9. The van der Waals surface area contributed by atoms with Crippen molar-refractivity contribution >= 4 is 11.6 Å². The lowest BCUT2D eigenvalue weighted by atomic mass is 10.1. The van der Waals surface area contributed by atoms with Gasteiger partial charge in [-0.3, -0.25) is 10.4 Å². The summed E-state index contributed by atoms with van der Waals surface area (Å²) in [5, 5.41) is 20.5. The minimum Gasteiger partial charge on any atom is -0.507 e. The number of aromatic hydroxyl groups is 1. The molecule has 0 fully saturated rings. The number of esters is 1. The van der Waals surface area contributed by atoms with Crippen molar-refractivity contribution in [1.82, 2.24) is 25.1 Å². The molecule has 0 aliphatic rings. The van der Waals surface area contributed by atoms with Gasteiger partial charge in [0.1, 0.15) is 30.7 Å². The molecular weight excluding hydrogens is 498 g/mol. The van der Waals surface area contributed by atoms with Crippen LogP contribution in [-0.2, 0) is 4.74 Å². The number of H-pyrrole nitrogens is 1. The van der Waals surface area contributed by atoms with Gasteiger partial charge in [0.05, 0.1) is 11.3 Å².